The lowest BCUT2D eigenvalue weighted by molar-refractivity contribution is 0.158. The van der Waals surface area contributed by atoms with Gasteiger partial charge in [0, 0.05) is 54.8 Å². The van der Waals surface area contributed by atoms with Crippen molar-refractivity contribution in [3.8, 4) is 0 Å². The Balaban J connectivity index is 1.62. The number of halogens is 1. The fourth-order valence-corrected chi connectivity index (χ4v) is 3.31. The molecule has 0 radical (unpaired) electrons. The molecule has 1 fully saturated rings. The van der Waals surface area contributed by atoms with Gasteiger partial charge in [-0.15, -0.1) is 0 Å². The Morgan fingerprint density at radius 3 is 2.48 bits per heavy atom. The Kier molecular flexibility index (Phi) is 4.78. The Morgan fingerprint density at radius 1 is 1.00 bits per heavy atom. The summed E-state index contributed by atoms with van der Waals surface area (Å²) in [4.78, 5) is 4.93. The molecule has 1 aliphatic rings. The summed E-state index contributed by atoms with van der Waals surface area (Å²) in [6.07, 6.45) is 0. The summed E-state index contributed by atoms with van der Waals surface area (Å²) in [7, 11) is 2.20. The zero-order chi connectivity index (χ0) is 14.7. The highest BCUT2D eigenvalue weighted by Gasteiger charge is 2.13. The fourth-order valence-electron chi connectivity index (χ4n) is 2.84. The van der Waals surface area contributed by atoms with E-state index in [0.717, 1.165) is 17.6 Å². The van der Waals surface area contributed by atoms with Crippen molar-refractivity contribution in [2.75, 3.05) is 51.6 Å². The van der Waals surface area contributed by atoms with Crippen molar-refractivity contribution >= 4 is 32.4 Å². The summed E-state index contributed by atoms with van der Waals surface area (Å²) < 4.78 is 1.16. The first-order valence-corrected chi connectivity index (χ1v) is 8.35. The molecule has 3 rings (SSSR count). The molecule has 1 N–H and O–H groups in total. The van der Waals surface area contributed by atoms with Crippen molar-refractivity contribution < 1.29 is 0 Å². The van der Waals surface area contributed by atoms with Crippen LogP contribution in [0.25, 0.3) is 10.8 Å². The van der Waals surface area contributed by atoms with Crippen LogP contribution in [0.3, 0.4) is 0 Å². The van der Waals surface area contributed by atoms with Gasteiger partial charge in [-0.1, -0.05) is 40.2 Å². The van der Waals surface area contributed by atoms with Gasteiger partial charge in [-0.2, -0.15) is 0 Å². The van der Waals surface area contributed by atoms with Gasteiger partial charge in [0.1, 0.15) is 0 Å². The van der Waals surface area contributed by atoms with Crippen molar-refractivity contribution in [3.63, 3.8) is 0 Å². The van der Waals surface area contributed by atoms with Gasteiger partial charge in [0.05, 0.1) is 0 Å². The van der Waals surface area contributed by atoms with Crippen molar-refractivity contribution in [1.29, 1.82) is 0 Å². The number of rotatable bonds is 4. The van der Waals surface area contributed by atoms with E-state index in [0.29, 0.717) is 0 Å². The van der Waals surface area contributed by atoms with Crippen LogP contribution in [0, 0.1) is 0 Å². The van der Waals surface area contributed by atoms with E-state index < -0.39 is 0 Å². The van der Waals surface area contributed by atoms with Crippen LogP contribution in [0.4, 0.5) is 5.69 Å². The highest BCUT2D eigenvalue weighted by atomic mass is 79.9. The lowest BCUT2D eigenvalue weighted by Gasteiger charge is -2.32. The molecule has 1 heterocycles. The predicted molar refractivity (Wildman–Crippen MR) is 94.1 cm³/mol. The Morgan fingerprint density at radius 2 is 1.71 bits per heavy atom. The molecule has 0 unspecified atom stereocenters. The lowest BCUT2D eigenvalue weighted by atomic mass is 10.1. The van der Waals surface area contributed by atoms with Gasteiger partial charge in [-0.25, -0.2) is 0 Å². The van der Waals surface area contributed by atoms with E-state index >= 15 is 0 Å². The van der Waals surface area contributed by atoms with Crippen molar-refractivity contribution in [1.82, 2.24) is 9.80 Å². The minimum atomic E-state index is 0.995. The van der Waals surface area contributed by atoms with E-state index in [4.69, 9.17) is 0 Å². The molecular weight excluding hydrogens is 326 g/mol. The Bertz CT molecular complexity index is 606. The molecule has 2 aromatic carbocycles. The molecule has 4 heteroatoms. The first-order chi connectivity index (χ1) is 10.2. The Labute approximate surface area is 135 Å². The van der Waals surface area contributed by atoms with Crippen LogP contribution in [0.1, 0.15) is 0 Å². The molecule has 0 bridgehead atoms. The van der Waals surface area contributed by atoms with E-state index in [1.54, 1.807) is 0 Å². The summed E-state index contributed by atoms with van der Waals surface area (Å²) in [6.45, 7) is 6.83. The number of fused-ring (bicyclic) bond motifs is 1. The minimum Gasteiger partial charge on any atom is -0.383 e. The van der Waals surface area contributed by atoms with Crippen LogP contribution in [-0.2, 0) is 0 Å². The number of hydrogen-bond donors (Lipinski definition) is 1. The summed E-state index contributed by atoms with van der Waals surface area (Å²) >= 11 is 3.63. The molecule has 1 aliphatic heterocycles. The van der Waals surface area contributed by atoms with E-state index in [9.17, 15) is 0 Å². The fraction of sp³-hybridized carbons (Fsp3) is 0.412. The topological polar surface area (TPSA) is 18.5 Å². The quantitative estimate of drug-likeness (QED) is 0.915. The molecule has 0 aliphatic carbocycles. The normalized spacial score (nSPS) is 17.2. The van der Waals surface area contributed by atoms with Gasteiger partial charge in [0.15, 0.2) is 0 Å². The van der Waals surface area contributed by atoms with Crippen LogP contribution in [0.2, 0.25) is 0 Å². The molecule has 3 nitrogen and oxygen atoms in total. The van der Waals surface area contributed by atoms with E-state index in [1.165, 1.54) is 42.6 Å². The molecule has 0 saturated carbocycles. The molecule has 0 atom stereocenters. The average Bonchev–Trinajstić information content (AvgIpc) is 2.52. The number of benzene rings is 2. The smallest absolute Gasteiger partial charge is 0.0421 e. The summed E-state index contributed by atoms with van der Waals surface area (Å²) in [5, 5.41) is 6.15. The van der Waals surface area contributed by atoms with Gasteiger partial charge < -0.3 is 10.2 Å². The summed E-state index contributed by atoms with van der Waals surface area (Å²) in [5.74, 6) is 0. The Hall–Kier alpha value is -1.10. The van der Waals surface area contributed by atoms with Crippen LogP contribution in [0.15, 0.2) is 40.9 Å². The highest BCUT2D eigenvalue weighted by molar-refractivity contribution is 9.10. The predicted octanol–water partition coefficient (Wildman–Crippen LogP) is 3.26. The second-order valence-electron chi connectivity index (χ2n) is 5.71. The zero-order valence-corrected chi connectivity index (χ0v) is 14.1. The minimum absolute atomic E-state index is 0.995. The number of anilines is 1. The van der Waals surface area contributed by atoms with Gasteiger partial charge in [-0.3, -0.25) is 4.90 Å². The molecule has 0 spiro atoms. The number of hydrogen-bond acceptors (Lipinski definition) is 3. The maximum absolute atomic E-state index is 3.63. The lowest BCUT2D eigenvalue weighted by Crippen LogP contribution is -2.45. The van der Waals surface area contributed by atoms with Crippen molar-refractivity contribution in [3.05, 3.63) is 40.9 Å². The largest absolute Gasteiger partial charge is 0.383 e. The SMILES string of the molecule is CN1CCN(CCNc2ccc(Br)c3ccccc23)CC1. The molecule has 0 aromatic heterocycles. The highest BCUT2D eigenvalue weighted by Crippen LogP contribution is 2.29. The van der Waals surface area contributed by atoms with E-state index in [-0.39, 0.29) is 0 Å². The van der Waals surface area contributed by atoms with Gasteiger partial charge in [-0.05, 0) is 24.6 Å². The molecule has 21 heavy (non-hydrogen) atoms. The van der Waals surface area contributed by atoms with E-state index in [2.05, 4.69) is 74.5 Å². The standard InChI is InChI=1S/C17H22BrN3/c1-20-10-12-21(13-11-20)9-8-19-17-7-6-16(18)14-4-2-3-5-15(14)17/h2-7,19H,8-13H2,1H3. The molecule has 1 saturated heterocycles. The van der Waals surface area contributed by atoms with Crippen LogP contribution in [-0.4, -0.2) is 56.1 Å². The maximum Gasteiger partial charge on any atom is 0.0421 e. The van der Waals surface area contributed by atoms with Gasteiger partial charge in [0.2, 0.25) is 0 Å². The third kappa shape index (κ3) is 3.57. The van der Waals surface area contributed by atoms with Crippen LogP contribution < -0.4 is 5.32 Å². The van der Waals surface area contributed by atoms with Gasteiger partial charge >= 0.3 is 0 Å². The van der Waals surface area contributed by atoms with Crippen molar-refractivity contribution in [2.45, 2.75) is 0 Å². The molecular formula is C17H22BrN3. The van der Waals surface area contributed by atoms with Gasteiger partial charge in [0.25, 0.3) is 0 Å². The van der Waals surface area contributed by atoms with Crippen molar-refractivity contribution in [2.24, 2.45) is 0 Å². The number of nitrogens with one attached hydrogen (secondary N) is 1. The van der Waals surface area contributed by atoms with Crippen LogP contribution in [0.5, 0.6) is 0 Å². The summed E-state index contributed by atoms with van der Waals surface area (Å²) in [5.41, 5.74) is 1.22. The first kappa shape index (κ1) is 14.8. The van der Waals surface area contributed by atoms with Crippen LogP contribution >= 0.6 is 15.9 Å². The first-order valence-electron chi connectivity index (χ1n) is 7.56. The second kappa shape index (κ2) is 6.77. The molecule has 112 valence electrons. The summed E-state index contributed by atoms with van der Waals surface area (Å²) in [6, 6.07) is 12.8. The molecule has 2 aromatic rings. The number of likely N-dealkylation sites (N-methyl/N-ethyl adjacent to an activating group) is 1. The molecule has 0 amide bonds. The number of nitrogens with zero attached hydrogens (tertiary/aromatic N) is 2. The average molecular weight is 348 g/mol. The number of piperazine rings is 1. The van der Waals surface area contributed by atoms with E-state index in [1.807, 2.05) is 0 Å². The third-order valence-corrected chi connectivity index (χ3v) is 4.90. The maximum atomic E-state index is 3.63. The monoisotopic (exact) mass is 347 g/mol. The second-order valence-corrected chi connectivity index (χ2v) is 6.57. The zero-order valence-electron chi connectivity index (χ0n) is 12.5. The third-order valence-electron chi connectivity index (χ3n) is 4.21.